The van der Waals surface area contributed by atoms with Crippen molar-refractivity contribution in [3.63, 3.8) is 0 Å². The van der Waals surface area contributed by atoms with Crippen molar-refractivity contribution in [3.8, 4) is 0 Å². The molecule has 1 aromatic rings. The van der Waals surface area contributed by atoms with Gasteiger partial charge in [0.25, 0.3) is 0 Å². The van der Waals surface area contributed by atoms with Gasteiger partial charge in [0.05, 0.1) is 18.4 Å². The lowest BCUT2D eigenvalue weighted by Crippen LogP contribution is -2.03. The van der Waals surface area contributed by atoms with Crippen molar-refractivity contribution >= 4 is 23.3 Å². The number of hydrogen-bond acceptors (Lipinski definition) is 4. The van der Waals surface area contributed by atoms with E-state index >= 15 is 0 Å². The van der Waals surface area contributed by atoms with E-state index in [-0.39, 0.29) is 0 Å². The van der Waals surface area contributed by atoms with Gasteiger partial charge in [-0.15, -0.1) is 0 Å². The van der Waals surface area contributed by atoms with Gasteiger partial charge < -0.3 is 9.94 Å². The maximum absolute atomic E-state index is 11.2. The molecule has 0 heterocycles. The summed E-state index contributed by atoms with van der Waals surface area (Å²) in [6.07, 6.45) is 0.441. The third-order valence-corrected chi connectivity index (χ3v) is 2.44. The molecule has 0 unspecified atom stereocenters. The Morgan fingerprint density at radius 1 is 1.56 bits per heavy atom. The maximum Gasteiger partial charge on any atom is 0.337 e. The van der Waals surface area contributed by atoms with Gasteiger partial charge >= 0.3 is 5.97 Å². The van der Waals surface area contributed by atoms with Gasteiger partial charge in [0.1, 0.15) is 0 Å². The summed E-state index contributed by atoms with van der Waals surface area (Å²) in [5.41, 5.74) is 1.74. The molecule has 86 valence electrons. The van der Waals surface area contributed by atoms with Gasteiger partial charge in [-0.25, -0.2) is 4.79 Å². The Kier molecular flexibility index (Phi) is 4.31. The van der Waals surface area contributed by atoms with Crippen LogP contribution in [0.4, 0.5) is 0 Å². The second-order valence-corrected chi connectivity index (χ2v) is 3.72. The van der Waals surface area contributed by atoms with Crippen molar-refractivity contribution in [2.45, 2.75) is 13.3 Å². The quantitative estimate of drug-likeness (QED) is 0.383. The van der Waals surface area contributed by atoms with E-state index in [0.29, 0.717) is 22.7 Å². The van der Waals surface area contributed by atoms with E-state index in [4.69, 9.17) is 16.8 Å². The van der Waals surface area contributed by atoms with E-state index in [1.807, 2.05) is 0 Å². The predicted octanol–water partition coefficient (Wildman–Crippen LogP) is 2.52. The molecular weight excluding hydrogens is 230 g/mol. The van der Waals surface area contributed by atoms with E-state index in [0.717, 1.165) is 5.56 Å². The van der Waals surface area contributed by atoms with Gasteiger partial charge in [0.15, 0.2) is 0 Å². The number of carbonyl (C=O) groups is 1. The lowest BCUT2D eigenvalue weighted by atomic mass is 10.1. The lowest BCUT2D eigenvalue weighted by molar-refractivity contribution is 0.0600. The highest BCUT2D eigenvalue weighted by atomic mass is 35.5. The van der Waals surface area contributed by atoms with E-state index in [9.17, 15) is 4.79 Å². The summed E-state index contributed by atoms with van der Waals surface area (Å²) in [6, 6.07) is 4.87. The molecule has 0 aliphatic carbocycles. The zero-order chi connectivity index (χ0) is 12.1. The number of ether oxygens (including phenoxy) is 1. The Morgan fingerprint density at radius 3 is 2.75 bits per heavy atom. The van der Waals surface area contributed by atoms with E-state index in [1.165, 1.54) is 13.2 Å². The molecule has 5 heteroatoms. The Labute approximate surface area is 98.5 Å². The summed E-state index contributed by atoms with van der Waals surface area (Å²) in [5.74, 6) is -0.430. The molecule has 0 bridgehead atoms. The minimum absolute atomic E-state index is 0.398. The minimum Gasteiger partial charge on any atom is -0.465 e. The number of nitrogens with zero attached hydrogens (tertiary/aromatic N) is 1. The van der Waals surface area contributed by atoms with Gasteiger partial charge in [-0.1, -0.05) is 22.8 Å². The standard InChI is InChI=1S/C11H12ClNO3/c1-7(13-15)5-8-3-4-9(6-10(8)12)11(14)16-2/h3-4,6,15H,5H2,1-2H3/b13-7+. The van der Waals surface area contributed by atoms with Gasteiger partial charge in [-0.2, -0.15) is 0 Å². The van der Waals surface area contributed by atoms with Crippen LogP contribution >= 0.6 is 11.6 Å². The van der Waals surface area contributed by atoms with E-state index in [2.05, 4.69) is 9.89 Å². The second-order valence-electron chi connectivity index (χ2n) is 3.31. The average Bonchev–Trinajstić information content (AvgIpc) is 2.30. The van der Waals surface area contributed by atoms with Crippen LogP contribution in [0.1, 0.15) is 22.8 Å². The van der Waals surface area contributed by atoms with E-state index < -0.39 is 5.97 Å². The van der Waals surface area contributed by atoms with Crippen LogP contribution in [-0.4, -0.2) is 24.0 Å². The Bertz CT molecular complexity index is 429. The smallest absolute Gasteiger partial charge is 0.337 e. The van der Waals surface area contributed by atoms with Crippen molar-refractivity contribution in [1.82, 2.24) is 0 Å². The first-order chi connectivity index (χ1) is 7.58. The minimum atomic E-state index is -0.430. The molecule has 0 spiro atoms. The van der Waals surface area contributed by atoms with Gasteiger partial charge in [-0.3, -0.25) is 0 Å². The fraction of sp³-hybridized carbons (Fsp3) is 0.273. The van der Waals surface area contributed by atoms with Gasteiger partial charge in [-0.05, 0) is 24.6 Å². The summed E-state index contributed by atoms with van der Waals surface area (Å²) in [7, 11) is 1.31. The van der Waals surface area contributed by atoms with Crippen LogP contribution in [-0.2, 0) is 11.2 Å². The third kappa shape index (κ3) is 2.97. The van der Waals surface area contributed by atoms with Crippen LogP contribution in [0.5, 0.6) is 0 Å². The predicted molar refractivity (Wildman–Crippen MR) is 61.4 cm³/mol. The summed E-state index contributed by atoms with van der Waals surface area (Å²) < 4.78 is 4.57. The lowest BCUT2D eigenvalue weighted by Gasteiger charge is -2.05. The number of hydrogen-bond donors (Lipinski definition) is 1. The molecule has 0 saturated heterocycles. The molecule has 1 rings (SSSR count). The second kappa shape index (κ2) is 5.51. The first kappa shape index (κ1) is 12.5. The van der Waals surface area contributed by atoms with Crippen LogP contribution in [0, 0.1) is 0 Å². The van der Waals surface area contributed by atoms with Crippen molar-refractivity contribution < 1.29 is 14.7 Å². The molecule has 1 N–H and O–H groups in total. The highest BCUT2D eigenvalue weighted by Gasteiger charge is 2.09. The number of oxime groups is 1. The molecule has 0 radical (unpaired) electrons. The molecule has 0 saturated carbocycles. The fourth-order valence-electron chi connectivity index (χ4n) is 1.25. The van der Waals surface area contributed by atoms with Gasteiger partial charge in [0.2, 0.25) is 0 Å². The Hall–Kier alpha value is -1.55. The molecule has 0 amide bonds. The summed E-state index contributed by atoms with van der Waals surface area (Å²) in [5, 5.41) is 12.1. The molecular formula is C11H12ClNO3. The molecule has 16 heavy (non-hydrogen) atoms. The highest BCUT2D eigenvalue weighted by molar-refractivity contribution is 6.31. The van der Waals surface area contributed by atoms with Crippen molar-refractivity contribution in [1.29, 1.82) is 0 Å². The van der Waals surface area contributed by atoms with Gasteiger partial charge in [0, 0.05) is 11.4 Å². The summed E-state index contributed by atoms with van der Waals surface area (Å²) >= 11 is 5.99. The van der Waals surface area contributed by atoms with Crippen molar-refractivity contribution in [2.24, 2.45) is 5.16 Å². The largest absolute Gasteiger partial charge is 0.465 e. The SMILES string of the molecule is COC(=O)c1ccc(C/C(C)=N/O)c(Cl)c1. The number of methoxy groups -OCH3 is 1. The average molecular weight is 242 g/mol. The van der Waals surface area contributed by atoms with Crippen LogP contribution in [0.2, 0.25) is 5.02 Å². The fourth-order valence-corrected chi connectivity index (χ4v) is 1.49. The molecule has 0 aliphatic heterocycles. The number of halogens is 1. The van der Waals surface area contributed by atoms with Crippen molar-refractivity contribution in [2.75, 3.05) is 7.11 Å². The molecule has 0 atom stereocenters. The van der Waals surface area contributed by atoms with Crippen molar-refractivity contribution in [3.05, 3.63) is 34.3 Å². The summed E-state index contributed by atoms with van der Waals surface area (Å²) in [6.45, 7) is 1.69. The molecule has 0 aliphatic rings. The topological polar surface area (TPSA) is 58.9 Å². The number of rotatable bonds is 3. The first-order valence-electron chi connectivity index (χ1n) is 4.62. The maximum atomic E-state index is 11.2. The highest BCUT2D eigenvalue weighted by Crippen LogP contribution is 2.19. The molecule has 4 nitrogen and oxygen atoms in total. The van der Waals surface area contributed by atoms with Crippen LogP contribution in [0.3, 0.4) is 0 Å². The van der Waals surface area contributed by atoms with Crippen LogP contribution in [0.25, 0.3) is 0 Å². The zero-order valence-electron chi connectivity index (χ0n) is 9.03. The number of esters is 1. The third-order valence-electron chi connectivity index (χ3n) is 2.09. The molecule has 0 fully saturated rings. The molecule has 1 aromatic carbocycles. The number of benzene rings is 1. The molecule has 0 aromatic heterocycles. The van der Waals surface area contributed by atoms with Crippen LogP contribution < -0.4 is 0 Å². The Balaban J connectivity index is 2.96. The first-order valence-corrected chi connectivity index (χ1v) is 5.00. The summed E-state index contributed by atoms with van der Waals surface area (Å²) in [4.78, 5) is 11.2. The normalized spacial score (nSPS) is 11.3. The Morgan fingerprint density at radius 2 is 2.25 bits per heavy atom. The van der Waals surface area contributed by atoms with E-state index in [1.54, 1.807) is 19.1 Å². The van der Waals surface area contributed by atoms with Crippen LogP contribution in [0.15, 0.2) is 23.4 Å². The monoisotopic (exact) mass is 241 g/mol. The number of carbonyl (C=O) groups excluding carboxylic acids is 1. The zero-order valence-corrected chi connectivity index (χ0v) is 9.78.